The Hall–Kier alpha value is -2.53. The lowest BCUT2D eigenvalue weighted by Gasteiger charge is -2.34. The molecule has 1 heterocycles. The number of carbonyl (C=O) groups excluding carboxylic acids is 1. The van der Waals surface area contributed by atoms with Crippen LogP contribution in [-0.2, 0) is 4.79 Å². The zero-order chi connectivity index (χ0) is 19.2. The number of quaternary nitrogens is 1. The van der Waals surface area contributed by atoms with Crippen molar-refractivity contribution >= 4 is 17.3 Å². The summed E-state index contributed by atoms with van der Waals surface area (Å²) in [5.41, 5.74) is 4.20. The smallest absolute Gasteiger partial charge is 0.262 e. The second kappa shape index (κ2) is 8.91. The minimum Gasteiger partial charge on any atom is -0.484 e. The van der Waals surface area contributed by atoms with Gasteiger partial charge in [0, 0.05) is 0 Å². The first-order valence-corrected chi connectivity index (χ1v) is 9.73. The molecule has 27 heavy (non-hydrogen) atoms. The molecule has 0 radical (unpaired) electrons. The highest BCUT2D eigenvalue weighted by molar-refractivity contribution is 5.95. The molecule has 2 aromatic carbocycles. The molecule has 2 aromatic rings. The Labute approximate surface area is 161 Å². The van der Waals surface area contributed by atoms with Gasteiger partial charge < -0.3 is 19.9 Å². The fourth-order valence-corrected chi connectivity index (χ4v) is 3.62. The largest absolute Gasteiger partial charge is 0.484 e. The van der Waals surface area contributed by atoms with E-state index in [1.54, 1.807) is 4.90 Å². The third-order valence-electron chi connectivity index (χ3n) is 5.05. The SMILES string of the molecule is CC[NH+]1CCN(c2ccccc2NC(=O)COc2cc(C)cc(C)c2)CC1. The number of nitrogens with zero attached hydrogens (tertiary/aromatic N) is 1. The molecule has 1 aliphatic rings. The van der Waals surface area contributed by atoms with Crippen molar-refractivity contribution in [3.05, 3.63) is 53.6 Å². The van der Waals surface area contributed by atoms with Gasteiger partial charge in [-0.2, -0.15) is 0 Å². The molecule has 2 N–H and O–H groups in total. The molecule has 0 aromatic heterocycles. The standard InChI is InChI=1S/C22H29N3O2/c1-4-24-9-11-25(12-10-24)21-8-6-5-7-20(21)23-22(26)16-27-19-14-17(2)13-18(3)15-19/h5-8,13-15H,4,9-12,16H2,1-3H3,(H,23,26)/p+1. The number of rotatable bonds is 6. The average Bonchev–Trinajstić information content (AvgIpc) is 2.66. The fraction of sp³-hybridized carbons (Fsp3) is 0.409. The van der Waals surface area contributed by atoms with E-state index in [1.807, 2.05) is 44.2 Å². The van der Waals surface area contributed by atoms with Crippen molar-refractivity contribution < 1.29 is 14.4 Å². The van der Waals surface area contributed by atoms with Crippen molar-refractivity contribution in [1.29, 1.82) is 0 Å². The molecule has 1 amide bonds. The molecule has 0 bridgehead atoms. The monoisotopic (exact) mass is 368 g/mol. The van der Waals surface area contributed by atoms with Crippen LogP contribution in [-0.4, -0.2) is 45.2 Å². The zero-order valence-corrected chi connectivity index (χ0v) is 16.5. The Bertz CT molecular complexity index is 763. The zero-order valence-electron chi connectivity index (χ0n) is 16.5. The molecule has 0 spiro atoms. The summed E-state index contributed by atoms with van der Waals surface area (Å²) >= 11 is 0. The number of piperazine rings is 1. The predicted octanol–water partition coefficient (Wildman–Crippen LogP) is 2.05. The number of aryl methyl sites for hydroxylation is 2. The second-order valence-corrected chi connectivity index (χ2v) is 7.27. The Morgan fingerprint density at radius 3 is 2.44 bits per heavy atom. The van der Waals surface area contributed by atoms with Gasteiger partial charge in [-0.3, -0.25) is 4.79 Å². The molecule has 0 atom stereocenters. The lowest BCUT2D eigenvalue weighted by molar-refractivity contribution is -0.898. The van der Waals surface area contributed by atoms with E-state index in [0.717, 1.165) is 54.4 Å². The third kappa shape index (κ3) is 5.23. The van der Waals surface area contributed by atoms with E-state index in [1.165, 1.54) is 6.54 Å². The van der Waals surface area contributed by atoms with Crippen molar-refractivity contribution in [2.75, 3.05) is 49.5 Å². The molecule has 1 aliphatic heterocycles. The van der Waals surface area contributed by atoms with Crippen LogP contribution in [0.3, 0.4) is 0 Å². The number of hydrogen-bond acceptors (Lipinski definition) is 3. The minimum absolute atomic E-state index is 0.00495. The first kappa shape index (κ1) is 19.2. The predicted molar refractivity (Wildman–Crippen MR) is 110 cm³/mol. The van der Waals surface area contributed by atoms with Gasteiger partial charge in [-0.15, -0.1) is 0 Å². The Morgan fingerprint density at radius 2 is 1.78 bits per heavy atom. The summed E-state index contributed by atoms with van der Waals surface area (Å²) < 4.78 is 5.69. The van der Waals surface area contributed by atoms with Gasteiger partial charge >= 0.3 is 0 Å². The van der Waals surface area contributed by atoms with Crippen molar-refractivity contribution in [1.82, 2.24) is 0 Å². The van der Waals surface area contributed by atoms with Gasteiger partial charge in [0.05, 0.1) is 44.1 Å². The van der Waals surface area contributed by atoms with E-state index < -0.39 is 0 Å². The average molecular weight is 369 g/mol. The Kier molecular flexibility index (Phi) is 6.35. The van der Waals surface area contributed by atoms with Crippen molar-refractivity contribution in [2.24, 2.45) is 0 Å². The summed E-state index contributed by atoms with van der Waals surface area (Å²) in [6, 6.07) is 14.0. The number of amides is 1. The fourth-order valence-electron chi connectivity index (χ4n) is 3.62. The van der Waals surface area contributed by atoms with Gasteiger partial charge in [-0.25, -0.2) is 0 Å². The van der Waals surface area contributed by atoms with Gasteiger partial charge in [-0.1, -0.05) is 18.2 Å². The topological polar surface area (TPSA) is 46.0 Å². The molecule has 144 valence electrons. The summed E-state index contributed by atoms with van der Waals surface area (Å²) in [5.74, 6) is 0.592. The van der Waals surface area contributed by atoms with Crippen molar-refractivity contribution in [3.8, 4) is 5.75 Å². The highest BCUT2D eigenvalue weighted by Gasteiger charge is 2.21. The number of nitrogens with one attached hydrogen (secondary N) is 2. The second-order valence-electron chi connectivity index (χ2n) is 7.27. The quantitative estimate of drug-likeness (QED) is 0.820. The normalized spacial score (nSPS) is 14.9. The maximum absolute atomic E-state index is 12.4. The first-order chi connectivity index (χ1) is 13.0. The van der Waals surface area contributed by atoms with E-state index in [4.69, 9.17) is 4.74 Å². The molecular weight excluding hydrogens is 338 g/mol. The highest BCUT2D eigenvalue weighted by Crippen LogP contribution is 2.25. The van der Waals surface area contributed by atoms with Gasteiger partial charge in [0.1, 0.15) is 5.75 Å². The van der Waals surface area contributed by atoms with Crippen LogP contribution in [0, 0.1) is 13.8 Å². The molecule has 0 aliphatic carbocycles. The molecule has 3 rings (SSSR count). The van der Waals surface area contributed by atoms with E-state index in [0.29, 0.717) is 0 Å². The summed E-state index contributed by atoms with van der Waals surface area (Å²) in [6.45, 7) is 11.7. The van der Waals surface area contributed by atoms with Crippen LogP contribution in [0.15, 0.2) is 42.5 Å². The number of benzene rings is 2. The lowest BCUT2D eigenvalue weighted by atomic mass is 10.1. The number of carbonyl (C=O) groups is 1. The van der Waals surface area contributed by atoms with Gasteiger partial charge in [0.25, 0.3) is 5.91 Å². The van der Waals surface area contributed by atoms with Crippen LogP contribution in [0.1, 0.15) is 18.1 Å². The third-order valence-corrected chi connectivity index (χ3v) is 5.05. The van der Waals surface area contributed by atoms with Gasteiger partial charge in [0.15, 0.2) is 6.61 Å². The molecule has 1 saturated heterocycles. The first-order valence-electron chi connectivity index (χ1n) is 9.73. The summed E-state index contributed by atoms with van der Waals surface area (Å²) in [7, 11) is 0. The Balaban J connectivity index is 1.61. The van der Waals surface area contributed by atoms with Gasteiger partial charge in [-0.05, 0) is 56.2 Å². The Morgan fingerprint density at radius 1 is 1.11 bits per heavy atom. The van der Waals surface area contributed by atoms with Crippen LogP contribution in [0.5, 0.6) is 5.75 Å². The minimum atomic E-state index is -0.139. The molecule has 1 fully saturated rings. The number of ether oxygens (including phenoxy) is 1. The van der Waals surface area contributed by atoms with Crippen molar-refractivity contribution in [3.63, 3.8) is 0 Å². The summed E-state index contributed by atoms with van der Waals surface area (Å²) in [6.07, 6.45) is 0. The lowest BCUT2D eigenvalue weighted by Crippen LogP contribution is -3.14. The van der Waals surface area contributed by atoms with E-state index in [-0.39, 0.29) is 12.5 Å². The maximum Gasteiger partial charge on any atom is 0.262 e. The van der Waals surface area contributed by atoms with E-state index >= 15 is 0 Å². The number of likely N-dealkylation sites (N-methyl/N-ethyl adjacent to an activating group) is 1. The summed E-state index contributed by atoms with van der Waals surface area (Å²) in [5, 5.41) is 3.02. The van der Waals surface area contributed by atoms with Gasteiger partial charge in [0.2, 0.25) is 0 Å². The van der Waals surface area contributed by atoms with Crippen molar-refractivity contribution in [2.45, 2.75) is 20.8 Å². The van der Waals surface area contributed by atoms with Crippen LogP contribution in [0.2, 0.25) is 0 Å². The number of anilines is 2. The molecule has 5 nitrogen and oxygen atoms in total. The highest BCUT2D eigenvalue weighted by atomic mass is 16.5. The van der Waals surface area contributed by atoms with Crippen LogP contribution in [0.25, 0.3) is 0 Å². The van der Waals surface area contributed by atoms with Crippen LogP contribution >= 0.6 is 0 Å². The maximum atomic E-state index is 12.4. The molecule has 5 heteroatoms. The molecular formula is C22H30N3O2+. The molecule has 0 saturated carbocycles. The molecule has 0 unspecified atom stereocenters. The summed E-state index contributed by atoms with van der Waals surface area (Å²) in [4.78, 5) is 16.4. The van der Waals surface area contributed by atoms with Crippen LogP contribution in [0.4, 0.5) is 11.4 Å². The van der Waals surface area contributed by atoms with Crippen LogP contribution < -0.4 is 19.9 Å². The number of hydrogen-bond donors (Lipinski definition) is 2. The van der Waals surface area contributed by atoms with E-state index in [2.05, 4.69) is 29.3 Å². The van der Waals surface area contributed by atoms with E-state index in [9.17, 15) is 4.79 Å². The number of para-hydroxylation sites is 2.